The van der Waals surface area contributed by atoms with Gasteiger partial charge in [-0.15, -0.1) is 0 Å². The number of hydrogen-bond acceptors (Lipinski definition) is 3. The van der Waals surface area contributed by atoms with Crippen LogP contribution in [0.25, 0.3) is 0 Å². The minimum Gasteiger partial charge on any atom is -0.497 e. The van der Waals surface area contributed by atoms with E-state index in [2.05, 4.69) is 32.6 Å². The second-order valence-electron chi connectivity index (χ2n) is 7.39. The smallest absolute Gasteiger partial charge is 0.222 e. The summed E-state index contributed by atoms with van der Waals surface area (Å²) < 4.78 is 11.3. The van der Waals surface area contributed by atoms with Crippen molar-refractivity contribution in [2.45, 2.75) is 33.6 Å². The maximum Gasteiger partial charge on any atom is 0.222 e. The van der Waals surface area contributed by atoms with Crippen LogP contribution in [-0.4, -0.2) is 38.1 Å². The van der Waals surface area contributed by atoms with Crippen LogP contribution in [0.1, 0.15) is 39.2 Å². The summed E-state index contributed by atoms with van der Waals surface area (Å²) in [5.74, 6) is 8.49. The molecule has 1 amide bonds. The number of benzene rings is 1. The number of likely N-dealkylation sites (tertiary alicyclic amines) is 1. The number of hydrogen-bond donors (Lipinski definition) is 0. The van der Waals surface area contributed by atoms with Gasteiger partial charge in [-0.3, -0.25) is 4.79 Å². The van der Waals surface area contributed by atoms with Gasteiger partial charge in [0.15, 0.2) is 0 Å². The number of methoxy groups -OCH3 is 1. The number of carbonyl (C=O) groups is 1. The van der Waals surface area contributed by atoms with E-state index in [0.717, 1.165) is 30.0 Å². The Kier molecular flexibility index (Phi) is 5.77. The van der Waals surface area contributed by atoms with Crippen molar-refractivity contribution < 1.29 is 14.3 Å². The minimum atomic E-state index is -0.0523. The molecule has 1 aliphatic heterocycles. The van der Waals surface area contributed by atoms with Crippen molar-refractivity contribution in [2.75, 3.05) is 27.3 Å². The van der Waals surface area contributed by atoms with E-state index in [1.807, 2.05) is 25.2 Å². The predicted octanol–water partition coefficient (Wildman–Crippen LogP) is 3.34. The molecule has 4 heteroatoms. The molecule has 1 saturated heterocycles. The van der Waals surface area contributed by atoms with Crippen molar-refractivity contribution in [3.8, 4) is 23.3 Å². The van der Waals surface area contributed by atoms with Gasteiger partial charge in [0, 0.05) is 43.0 Å². The van der Waals surface area contributed by atoms with Crippen LogP contribution >= 0.6 is 0 Å². The molecule has 1 aromatic rings. The summed E-state index contributed by atoms with van der Waals surface area (Å²) in [4.78, 5) is 13.3. The molecule has 1 aromatic carbocycles. The Bertz CT molecular complexity index is 649. The first kappa shape index (κ1) is 18.2. The summed E-state index contributed by atoms with van der Waals surface area (Å²) in [5.41, 5.74) is 0.832. The van der Waals surface area contributed by atoms with Crippen molar-refractivity contribution in [1.29, 1.82) is 0 Å². The molecular formula is C20H27NO3. The zero-order valence-electron chi connectivity index (χ0n) is 15.3. The molecule has 0 radical (unpaired) electrons. The number of rotatable bonds is 4. The third kappa shape index (κ3) is 5.49. The number of ether oxygens (including phenoxy) is 2. The van der Waals surface area contributed by atoms with E-state index in [9.17, 15) is 4.79 Å². The topological polar surface area (TPSA) is 38.8 Å². The highest BCUT2D eigenvalue weighted by molar-refractivity contribution is 5.76. The van der Waals surface area contributed by atoms with Crippen LogP contribution < -0.4 is 9.47 Å². The quantitative estimate of drug-likeness (QED) is 0.795. The second kappa shape index (κ2) is 7.61. The van der Waals surface area contributed by atoms with Crippen LogP contribution in [-0.2, 0) is 4.79 Å². The van der Waals surface area contributed by atoms with Gasteiger partial charge in [-0.05, 0) is 39.3 Å². The standard InChI is InChI=1S/C20H27NO3/c1-20(2,3)9-8-15-10-17(23-5)12-18(11-15)24-14-16-6-7-19(22)21(4)13-16/h10-12,16H,6-7,13-14H2,1-5H3. The number of piperidine rings is 1. The number of nitrogens with zero attached hydrogens (tertiary/aromatic N) is 1. The maximum atomic E-state index is 11.5. The van der Waals surface area contributed by atoms with Crippen molar-refractivity contribution in [3.63, 3.8) is 0 Å². The average Bonchev–Trinajstić information content (AvgIpc) is 2.53. The molecule has 24 heavy (non-hydrogen) atoms. The SMILES string of the molecule is COc1cc(C#CC(C)(C)C)cc(OCC2CCC(=O)N(C)C2)c1. The highest BCUT2D eigenvalue weighted by Gasteiger charge is 2.23. The lowest BCUT2D eigenvalue weighted by Gasteiger charge is -2.29. The van der Waals surface area contributed by atoms with E-state index in [0.29, 0.717) is 18.9 Å². The molecule has 2 rings (SSSR count). The van der Waals surface area contributed by atoms with Gasteiger partial charge in [-0.2, -0.15) is 0 Å². The number of amides is 1. The van der Waals surface area contributed by atoms with Gasteiger partial charge in [-0.25, -0.2) is 0 Å². The van der Waals surface area contributed by atoms with E-state index < -0.39 is 0 Å². The second-order valence-corrected chi connectivity index (χ2v) is 7.39. The zero-order chi connectivity index (χ0) is 17.7. The lowest BCUT2D eigenvalue weighted by Crippen LogP contribution is -2.38. The van der Waals surface area contributed by atoms with Crippen molar-refractivity contribution in [2.24, 2.45) is 11.3 Å². The molecule has 1 heterocycles. The molecule has 0 spiro atoms. The van der Waals surface area contributed by atoms with Crippen LogP contribution in [0.5, 0.6) is 11.5 Å². The Morgan fingerprint density at radius 2 is 1.96 bits per heavy atom. The summed E-state index contributed by atoms with van der Waals surface area (Å²) in [5, 5.41) is 0. The monoisotopic (exact) mass is 329 g/mol. The van der Waals surface area contributed by atoms with Gasteiger partial charge >= 0.3 is 0 Å². The maximum absolute atomic E-state index is 11.5. The van der Waals surface area contributed by atoms with Gasteiger partial charge < -0.3 is 14.4 Å². The summed E-state index contributed by atoms with van der Waals surface area (Å²) in [6, 6.07) is 5.73. The third-order valence-electron chi connectivity index (χ3n) is 3.91. The molecule has 1 atom stereocenters. The fraction of sp³-hybridized carbons (Fsp3) is 0.550. The van der Waals surface area contributed by atoms with Crippen molar-refractivity contribution in [1.82, 2.24) is 4.90 Å². The Hall–Kier alpha value is -2.15. The Morgan fingerprint density at radius 1 is 1.25 bits per heavy atom. The number of carbonyl (C=O) groups excluding carboxylic acids is 1. The third-order valence-corrected chi connectivity index (χ3v) is 3.91. The molecule has 1 unspecified atom stereocenters. The van der Waals surface area contributed by atoms with Crippen molar-refractivity contribution >= 4 is 5.91 Å². The van der Waals surface area contributed by atoms with E-state index in [1.54, 1.807) is 12.0 Å². The van der Waals surface area contributed by atoms with Gasteiger partial charge in [-0.1, -0.05) is 11.8 Å². The van der Waals surface area contributed by atoms with Crippen LogP contribution in [0.15, 0.2) is 18.2 Å². The molecule has 130 valence electrons. The van der Waals surface area contributed by atoms with Crippen molar-refractivity contribution in [3.05, 3.63) is 23.8 Å². The van der Waals surface area contributed by atoms with Crippen LogP contribution in [0, 0.1) is 23.2 Å². The largest absolute Gasteiger partial charge is 0.497 e. The Balaban J connectivity index is 2.06. The van der Waals surface area contributed by atoms with Crippen LogP contribution in [0.4, 0.5) is 0 Å². The molecular weight excluding hydrogens is 302 g/mol. The summed E-state index contributed by atoms with van der Waals surface area (Å²) in [6.07, 6.45) is 1.48. The Morgan fingerprint density at radius 3 is 2.58 bits per heavy atom. The average molecular weight is 329 g/mol. The van der Waals surface area contributed by atoms with E-state index in [4.69, 9.17) is 9.47 Å². The fourth-order valence-electron chi connectivity index (χ4n) is 2.55. The first-order valence-electron chi connectivity index (χ1n) is 8.36. The Labute approximate surface area is 145 Å². The molecule has 0 bridgehead atoms. The van der Waals surface area contributed by atoms with E-state index >= 15 is 0 Å². The minimum absolute atomic E-state index is 0.0523. The summed E-state index contributed by atoms with van der Waals surface area (Å²) in [6.45, 7) is 7.59. The van der Waals surface area contributed by atoms with Gasteiger partial charge in [0.05, 0.1) is 13.7 Å². The highest BCUT2D eigenvalue weighted by atomic mass is 16.5. The molecule has 1 fully saturated rings. The zero-order valence-corrected chi connectivity index (χ0v) is 15.3. The molecule has 1 aliphatic rings. The van der Waals surface area contributed by atoms with E-state index in [1.165, 1.54) is 0 Å². The molecule has 4 nitrogen and oxygen atoms in total. The van der Waals surface area contributed by atoms with Crippen LogP contribution in [0.3, 0.4) is 0 Å². The van der Waals surface area contributed by atoms with Gasteiger partial charge in [0.2, 0.25) is 5.91 Å². The lowest BCUT2D eigenvalue weighted by molar-refractivity contribution is -0.133. The highest BCUT2D eigenvalue weighted by Crippen LogP contribution is 2.24. The van der Waals surface area contributed by atoms with Gasteiger partial charge in [0.25, 0.3) is 0 Å². The lowest BCUT2D eigenvalue weighted by atomic mass is 9.97. The fourth-order valence-corrected chi connectivity index (χ4v) is 2.55. The summed E-state index contributed by atoms with van der Waals surface area (Å²) >= 11 is 0. The molecule has 0 aromatic heterocycles. The molecule has 0 aliphatic carbocycles. The van der Waals surface area contributed by atoms with Crippen LogP contribution in [0.2, 0.25) is 0 Å². The molecule has 0 N–H and O–H groups in total. The normalized spacial score (nSPS) is 18.0. The van der Waals surface area contributed by atoms with Gasteiger partial charge in [0.1, 0.15) is 11.5 Å². The predicted molar refractivity (Wildman–Crippen MR) is 95.2 cm³/mol. The molecule has 0 saturated carbocycles. The summed E-state index contributed by atoms with van der Waals surface area (Å²) in [7, 11) is 3.49. The first-order valence-corrected chi connectivity index (χ1v) is 8.36. The van der Waals surface area contributed by atoms with E-state index in [-0.39, 0.29) is 11.3 Å². The first-order chi connectivity index (χ1) is 11.3.